The molecule has 152 valence electrons. The topological polar surface area (TPSA) is 102 Å². The second-order valence-corrected chi connectivity index (χ2v) is 7.04. The molecule has 8 heteroatoms. The molecular formula is C22H21N5O3. The zero-order valence-electron chi connectivity index (χ0n) is 16.5. The summed E-state index contributed by atoms with van der Waals surface area (Å²) in [5, 5.41) is 6.03. The Morgan fingerprint density at radius 2 is 1.80 bits per heavy atom. The van der Waals surface area contributed by atoms with Gasteiger partial charge in [0.05, 0.1) is 17.3 Å². The average molecular weight is 403 g/mol. The van der Waals surface area contributed by atoms with Gasteiger partial charge in [-0.1, -0.05) is 24.3 Å². The summed E-state index contributed by atoms with van der Waals surface area (Å²) < 4.78 is 3.22. The minimum absolute atomic E-state index is 0.0597. The molecule has 0 saturated heterocycles. The maximum Gasteiger partial charge on any atom is 0.273 e. The Bertz CT molecular complexity index is 1320. The van der Waals surface area contributed by atoms with E-state index in [4.69, 9.17) is 0 Å². The monoisotopic (exact) mass is 403 g/mol. The number of aromatic nitrogens is 4. The molecule has 4 aromatic rings. The first kappa shape index (κ1) is 19.4. The lowest BCUT2D eigenvalue weighted by atomic mass is 10.2. The first-order valence-corrected chi connectivity index (χ1v) is 9.59. The molecule has 0 aliphatic carbocycles. The number of benzene rings is 2. The number of amides is 1. The van der Waals surface area contributed by atoms with Crippen LogP contribution in [0.2, 0.25) is 0 Å². The van der Waals surface area contributed by atoms with Crippen LogP contribution in [0.3, 0.4) is 0 Å². The highest BCUT2D eigenvalue weighted by molar-refractivity contribution is 5.90. The van der Waals surface area contributed by atoms with Gasteiger partial charge >= 0.3 is 0 Å². The van der Waals surface area contributed by atoms with E-state index in [9.17, 15) is 14.4 Å². The zero-order valence-corrected chi connectivity index (χ0v) is 16.5. The van der Waals surface area contributed by atoms with E-state index in [-0.39, 0.29) is 30.0 Å². The first-order chi connectivity index (χ1) is 14.5. The smallest absolute Gasteiger partial charge is 0.273 e. The summed E-state index contributed by atoms with van der Waals surface area (Å²) in [4.78, 5) is 41.1. The quantitative estimate of drug-likeness (QED) is 0.516. The van der Waals surface area contributed by atoms with Gasteiger partial charge in [-0.25, -0.2) is 9.67 Å². The standard InChI is InChI=1S/C22H21N5O3/c1-15-23-11-13-26(15)14-16-6-8-17(9-7-16)24-20(28)10-12-27-22(30)19-5-3-2-4-18(19)21(29)25-27/h2-9,11,13H,10,12,14H2,1H3,(H,24,28)(H,25,29). The lowest BCUT2D eigenvalue weighted by molar-refractivity contribution is -0.116. The van der Waals surface area contributed by atoms with Crippen LogP contribution < -0.4 is 16.4 Å². The fraction of sp³-hybridized carbons (Fsp3) is 0.182. The molecule has 0 unspecified atom stereocenters. The number of nitrogens with zero attached hydrogens (tertiary/aromatic N) is 3. The van der Waals surface area contributed by atoms with Crippen LogP contribution >= 0.6 is 0 Å². The third kappa shape index (κ3) is 4.07. The number of hydrogen-bond acceptors (Lipinski definition) is 4. The van der Waals surface area contributed by atoms with E-state index in [0.29, 0.717) is 23.0 Å². The van der Waals surface area contributed by atoms with Crippen LogP contribution in [0.4, 0.5) is 5.69 Å². The Morgan fingerprint density at radius 3 is 2.50 bits per heavy atom. The lowest BCUT2D eigenvalue weighted by Crippen LogP contribution is -2.31. The molecule has 0 bridgehead atoms. The molecule has 0 radical (unpaired) electrons. The van der Waals surface area contributed by atoms with Gasteiger partial charge in [0, 0.05) is 31.0 Å². The van der Waals surface area contributed by atoms with E-state index in [0.717, 1.165) is 11.4 Å². The second-order valence-electron chi connectivity index (χ2n) is 7.04. The molecule has 30 heavy (non-hydrogen) atoms. The number of aryl methyl sites for hydroxylation is 2. The van der Waals surface area contributed by atoms with Crippen molar-refractivity contribution in [1.29, 1.82) is 0 Å². The summed E-state index contributed by atoms with van der Waals surface area (Å²) in [6.07, 6.45) is 3.74. The summed E-state index contributed by atoms with van der Waals surface area (Å²) in [7, 11) is 0. The molecule has 0 atom stereocenters. The highest BCUT2D eigenvalue weighted by Gasteiger charge is 2.09. The molecule has 8 nitrogen and oxygen atoms in total. The van der Waals surface area contributed by atoms with Gasteiger partial charge in [-0.05, 0) is 36.8 Å². The Morgan fingerprint density at radius 1 is 1.07 bits per heavy atom. The van der Waals surface area contributed by atoms with Crippen LogP contribution in [0.25, 0.3) is 10.8 Å². The van der Waals surface area contributed by atoms with Crippen molar-refractivity contribution >= 4 is 22.4 Å². The summed E-state index contributed by atoms with van der Waals surface area (Å²) >= 11 is 0. The van der Waals surface area contributed by atoms with Crippen LogP contribution in [-0.4, -0.2) is 25.2 Å². The number of carbonyl (C=O) groups is 1. The van der Waals surface area contributed by atoms with E-state index >= 15 is 0 Å². The molecule has 1 amide bonds. The molecule has 2 aromatic heterocycles. The largest absolute Gasteiger partial charge is 0.331 e. The van der Waals surface area contributed by atoms with Gasteiger partial charge in [-0.3, -0.25) is 19.5 Å². The Hall–Kier alpha value is -3.94. The van der Waals surface area contributed by atoms with Gasteiger partial charge in [-0.2, -0.15) is 0 Å². The first-order valence-electron chi connectivity index (χ1n) is 9.59. The van der Waals surface area contributed by atoms with E-state index in [1.807, 2.05) is 42.0 Å². The van der Waals surface area contributed by atoms with Gasteiger partial charge in [0.15, 0.2) is 0 Å². The van der Waals surface area contributed by atoms with Crippen molar-refractivity contribution in [1.82, 2.24) is 19.3 Å². The van der Waals surface area contributed by atoms with Crippen molar-refractivity contribution in [2.24, 2.45) is 0 Å². The second kappa shape index (κ2) is 8.20. The maximum atomic E-state index is 12.5. The maximum absolute atomic E-state index is 12.5. The van der Waals surface area contributed by atoms with Crippen molar-refractivity contribution in [3.05, 3.63) is 93.0 Å². The van der Waals surface area contributed by atoms with Crippen LogP contribution in [0.15, 0.2) is 70.5 Å². The van der Waals surface area contributed by atoms with Gasteiger partial charge in [0.1, 0.15) is 5.82 Å². The summed E-state index contributed by atoms with van der Waals surface area (Å²) in [6, 6.07) is 14.2. The third-order valence-electron chi connectivity index (χ3n) is 4.96. The molecule has 0 spiro atoms. The highest BCUT2D eigenvalue weighted by atomic mass is 16.2. The Balaban J connectivity index is 1.39. The van der Waals surface area contributed by atoms with Crippen molar-refractivity contribution in [3.8, 4) is 0 Å². The number of H-pyrrole nitrogens is 1. The van der Waals surface area contributed by atoms with Crippen LogP contribution in [0.1, 0.15) is 17.8 Å². The number of imidazole rings is 1. The van der Waals surface area contributed by atoms with Gasteiger partial charge in [0.2, 0.25) is 5.91 Å². The molecule has 0 aliphatic heterocycles. The minimum Gasteiger partial charge on any atom is -0.331 e. The minimum atomic E-state index is -0.352. The molecule has 2 heterocycles. The third-order valence-corrected chi connectivity index (χ3v) is 4.96. The normalized spacial score (nSPS) is 11.0. The molecule has 0 saturated carbocycles. The van der Waals surface area contributed by atoms with Gasteiger partial charge in [-0.15, -0.1) is 0 Å². The number of anilines is 1. The lowest BCUT2D eigenvalue weighted by Gasteiger charge is -2.09. The Kier molecular flexibility index (Phi) is 5.30. The summed E-state index contributed by atoms with van der Waals surface area (Å²) in [5.74, 6) is 0.698. The van der Waals surface area contributed by atoms with E-state index in [1.165, 1.54) is 4.68 Å². The van der Waals surface area contributed by atoms with Crippen LogP contribution in [0, 0.1) is 6.92 Å². The average Bonchev–Trinajstić information content (AvgIpc) is 3.15. The number of hydrogen-bond donors (Lipinski definition) is 2. The molecule has 0 aliphatic rings. The van der Waals surface area contributed by atoms with E-state index in [1.54, 1.807) is 30.5 Å². The zero-order chi connectivity index (χ0) is 21.1. The molecule has 2 aromatic carbocycles. The number of fused-ring (bicyclic) bond motifs is 1. The van der Waals surface area contributed by atoms with Crippen LogP contribution in [-0.2, 0) is 17.9 Å². The van der Waals surface area contributed by atoms with Gasteiger partial charge < -0.3 is 9.88 Å². The van der Waals surface area contributed by atoms with Crippen LogP contribution in [0.5, 0.6) is 0 Å². The van der Waals surface area contributed by atoms with Crippen molar-refractivity contribution in [2.75, 3.05) is 5.32 Å². The molecule has 0 fully saturated rings. The Labute approximate surface area is 171 Å². The fourth-order valence-corrected chi connectivity index (χ4v) is 3.30. The molecule has 4 rings (SSSR count). The summed E-state index contributed by atoms with van der Waals surface area (Å²) in [6.45, 7) is 2.74. The number of aromatic amines is 1. The number of carbonyl (C=O) groups excluding carboxylic acids is 1. The summed E-state index contributed by atoms with van der Waals surface area (Å²) in [5.41, 5.74) is 1.09. The van der Waals surface area contributed by atoms with E-state index in [2.05, 4.69) is 15.4 Å². The predicted molar refractivity (Wildman–Crippen MR) is 115 cm³/mol. The van der Waals surface area contributed by atoms with E-state index < -0.39 is 0 Å². The van der Waals surface area contributed by atoms with Crippen molar-refractivity contribution in [3.63, 3.8) is 0 Å². The fourth-order valence-electron chi connectivity index (χ4n) is 3.30. The molecular weight excluding hydrogens is 382 g/mol. The molecule has 2 N–H and O–H groups in total. The van der Waals surface area contributed by atoms with Crippen molar-refractivity contribution in [2.45, 2.75) is 26.4 Å². The predicted octanol–water partition coefficient (Wildman–Crippen LogP) is 2.27. The SMILES string of the molecule is Cc1nccn1Cc1ccc(NC(=O)CCn2[nH]c(=O)c3ccccc3c2=O)cc1. The van der Waals surface area contributed by atoms with Gasteiger partial charge in [0.25, 0.3) is 11.1 Å². The number of nitrogens with one attached hydrogen (secondary N) is 2. The number of rotatable bonds is 6. The van der Waals surface area contributed by atoms with Crippen molar-refractivity contribution < 1.29 is 4.79 Å². The highest BCUT2D eigenvalue weighted by Crippen LogP contribution is 2.12.